The summed E-state index contributed by atoms with van der Waals surface area (Å²) in [6, 6.07) is 13.6. The van der Waals surface area contributed by atoms with Crippen molar-refractivity contribution < 1.29 is 4.74 Å². The van der Waals surface area contributed by atoms with Crippen LogP contribution in [0.4, 0.5) is 11.4 Å². The Kier molecular flexibility index (Phi) is 2.68. The minimum absolute atomic E-state index is 0.490. The van der Waals surface area contributed by atoms with Crippen LogP contribution in [0.2, 0.25) is 0 Å². The number of hydrogen-bond acceptors (Lipinski definition) is 3. The molecule has 0 aliphatic carbocycles. The number of anilines is 2. The molecule has 0 aliphatic heterocycles. The van der Waals surface area contributed by atoms with Gasteiger partial charge in [-0.3, -0.25) is 0 Å². The van der Waals surface area contributed by atoms with Crippen molar-refractivity contribution in [2.24, 2.45) is 0 Å². The Morgan fingerprint density at radius 1 is 0.938 bits per heavy atom. The molecule has 0 radical (unpaired) electrons. The summed E-state index contributed by atoms with van der Waals surface area (Å²) < 4.78 is 5.31. The molecule has 0 fully saturated rings. The predicted octanol–water partition coefficient (Wildman–Crippen LogP) is 2.53. The molecule has 16 heavy (non-hydrogen) atoms. The highest BCUT2D eigenvalue weighted by molar-refractivity contribution is 5.83. The van der Waals surface area contributed by atoms with Gasteiger partial charge in [0.05, 0.1) is 18.5 Å². The van der Waals surface area contributed by atoms with Crippen LogP contribution >= 0.6 is 0 Å². The monoisotopic (exact) mass is 214 g/mol. The maximum Gasteiger partial charge on any atom is 0.151 e. The molecule has 2 aromatic carbocycles. The summed E-state index contributed by atoms with van der Waals surface area (Å²) in [4.78, 5) is 0. The molecule has 82 valence electrons. The first-order valence-electron chi connectivity index (χ1n) is 5.01. The van der Waals surface area contributed by atoms with Gasteiger partial charge in [-0.2, -0.15) is 0 Å². The van der Waals surface area contributed by atoms with Crippen LogP contribution in [0, 0.1) is 0 Å². The summed E-state index contributed by atoms with van der Waals surface area (Å²) in [7, 11) is 1.59. The van der Waals surface area contributed by atoms with Crippen molar-refractivity contribution >= 4 is 11.4 Å². The molecule has 0 bridgehead atoms. The lowest BCUT2D eigenvalue weighted by molar-refractivity contribution is 0.419. The Morgan fingerprint density at radius 3 is 2.25 bits per heavy atom. The van der Waals surface area contributed by atoms with Gasteiger partial charge in [0.15, 0.2) is 5.75 Å². The van der Waals surface area contributed by atoms with Gasteiger partial charge in [-0.05, 0) is 17.7 Å². The van der Waals surface area contributed by atoms with Crippen LogP contribution in [0.5, 0.6) is 5.75 Å². The molecular formula is C13H14N2O. The third-order valence-electron chi connectivity index (χ3n) is 2.52. The zero-order valence-electron chi connectivity index (χ0n) is 9.10. The number of rotatable bonds is 2. The zero-order chi connectivity index (χ0) is 11.5. The number of methoxy groups -OCH3 is 1. The molecule has 4 N–H and O–H groups in total. The second kappa shape index (κ2) is 4.14. The molecule has 0 saturated heterocycles. The fraction of sp³-hybridized carbons (Fsp3) is 0.0769. The summed E-state index contributed by atoms with van der Waals surface area (Å²) >= 11 is 0. The van der Waals surface area contributed by atoms with Crippen molar-refractivity contribution in [3.63, 3.8) is 0 Å². The normalized spacial score (nSPS) is 10.1. The second-order valence-corrected chi connectivity index (χ2v) is 3.52. The van der Waals surface area contributed by atoms with E-state index < -0.39 is 0 Å². The summed E-state index contributed by atoms with van der Waals surface area (Å²) in [6.45, 7) is 0. The molecule has 2 rings (SSSR count). The highest BCUT2D eigenvalue weighted by atomic mass is 16.5. The van der Waals surface area contributed by atoms with Crippen LogP contribution in [0.15, 0.2) is 42.5 Å². The van der Waals surface area contributed by atoms with Gasteiger partial charge < -0.3 is 16.2 Å². The second-order valence-electron chi connectivity index (χ2n) is 3.52. The van der Waals surface area contributed by atoms with Crippen molar-refractivity contribution in [3.8, 4) is 16.9 Å². The van der Waals surface area contributed by atoms with E-state index >= 15 is 0 Å². The van der Waals surface area contributed by atoms with E-state index in [1.165, 1.54) is 0 Å². The van der Waals surface area contributed by atoms with Gasteiger partial charge in [0.25, 0.3) is 0 Å². The minimum Gasteiger partial charge on any atom is -0.494 e. The SMILES string of the molecule is COc1c(-c2ccccc2)ccc(N)c1N. The van der Waals surface area contributed by atoms with Gasteiger partial charge in [0.1, 0.15) is 0 Å². The first kappa shape index (κ1) is 10.4. The molecule has 0 aliphatic rings. The Morgan fingerprint density at radius 2 is 1.62 bits per heavy atom. The lowest BCUT2D eigenvalue weighted by Gasteiger charge is -2.12. The molecule has 0 unspecified atom stereocenters. The standard InChI is InChI=1S/C13H14N2O/c1-16-13-10(7-8-11(14)12(13)15)9-5-3-2-4-6-9/h2-8H,14-15H2,1H3. The molecule has 0 saturated carbocycles. The Balaban J connectivity index is 2.62. The topological polar surface area (TPSA) is 61.3 Å². The van der Waals surface area contributed by atoms with Crippen LogP contribution in [0.1, 0.15) is 0 Å². The van der Waals surface area contributed by atoms with Gasteiger partial charge in [-0.25, -0.2) is 0 Å². The summed E-state index contributed by atoms with van der Waals surface area (Å²) in [5, 5.41) is 0. The smallest absolute Gasteiger partial charge is 0.151 e. The number of nitrogen functional groups attached to an aromatic ring is 2. The van der Waals surface area contributed by atoms with Crippen LogP contribution in [-0.4, -0.2) is 7.11 Å². The average Bonchev–Trinajstić information content (AvgIpc) is 2.33. The van der Waals surface area contributed by atoms with Crippen LogP contribution < -0.4 is 16.2 Å². The van der Waals surface area contributed by atoms with Crippen LogP contribution in [-0.2, 0) is 0 Å². The quantitative estimate of drug-likeness (QED) is 0.755. The Bertz CT molecular complexity index is 495. The average molecular weight is 214 g/mol. The van der Waals surface area contributed by atoms with Crippen LogP contribution in [0.25, 0.3) is 11.1 Å². The summed E-state index contributed by atoms with van der Waals surface area (Å²) in [5.74, 6) is 0.631. The fourth-order valence-electron chi connectivity index (χ4n) is 1.68. The van der Waals surface area contributed by atoms with Gasteiger partial charge in [-0.1, -0.05) is 30.3 Å². The van der Waals surface area contributed by atoms with Gasteiger partial charge in [-0.15, -0.1) is 0 Å². The van der Waals surface area contributed by atoms with Crippen molar-refractivity contribution in [1.82, 2.24) is 0 Å². The van der Waals surface area contributed by atoms with E-state index in [0.29, 0.717) is 17.1 Å². The first-order chi connectivity index (χ1) is 7.74. The van der Waals surface area contributed by atoms with Crippen LogP contribution in [0.3, 0.4) is 0 Å². The number of ether oxygens (including phenoxy) is 1. The van der Waals surface area contributed by atoms with E-state index in [-0.39, 0.29) is 0 Å². The zero-order valence-corrected chi connectivity index (χ0v) is 9.10. The maximum absolute atomic E-state index is 5.88. The van der Waals surface area contributed by atoms with E-state index in [1.54, 1.807) is 13.2 Å². The molecule has 0 spiro atoms. The molecule has 0 heterocycles. The predicted molar refractivity (Wildman–Crippen MR) is 67.3 cm³/mol. The lowest BCUT2D eigenvalue weighted by Crippen LogP contribution is -1.99. The fourth-order valence-corrected chi connectivity index (χ4v) is 1.68. The number of benzene rings is 2. The molecule has 2 aromatic rings. The Labute approximate surface area is 94.6 Å². The van der Waals surface area contributed by atoms with E-state index in [0.717, 1.165) is 11.1 Å². The molecule has 3 nitrogen and oxygen atoms in total. The van der Waals surface area contributed by atoms with E-state index in [4.69, 9.17) is 16.2 Å². The molecular weight excluding hydrogens is 200 g/mol. The van der Waals surface area contributed by atoms with Gasteiger partial charge in [0, 0.05) is 5.56 Å². The van der Waals surface area contributed by atoms with Gasteiger partial charge in [0.2, 0.25) is 0 Å². The number of nitrogens with two attached hydrogens (primary N) is 2. The largest absolute Gasteiger partial charge is 0.494 e. The molecule has 0 atom stereocenters. The Hall–Kier alpha value is -2.16. The highest BCUT2D eigenvalue weighted by Gasteiger charge is 2.10. The molecule has 0 amide bonds. The molecule has 3 heteroatoms. The van der Waals surface area contributed by atoms with Crippen molar-refractivity contribution in [2.75, 3.05) is 18.6 Å². The number of hydrogen-bond donors (Lipinski definition) is 2. The van der Waals surface area contributed by atoms with Crippen molar-refractivity contribution in [2.45, 2.75) is 0 Å². The van der Waals surface area contributed by atoms with E-state index in [1.807, 2.05) is 36.4 Å². The third kappa shape index (κ3) is 1.67. The lowest BCUT2D eigenvalue weighted by atomic mass is 10.0. The van der Waals surface area contributed by atoms with E-state index in [9.17, 15) is 0 Å². The third-order valence-corrected chi connectivity index (χ3v) is 2.52. The first-order valence-corrected chi connectivity index (χ1v) is 5.01. The van der Waals surface area contributed by atoms with Crippen molar-refractivity contribution in [1.29, 1.82) is 0 Å². The minimum atomic E-state index is 0.490. The van der Waals surface area contributed by atoms with Gasteiger partial charge >= 0.3 is 0 Å². The molecule has 0 aromatic heterocycles. The van der Waals surface area contributed by atoms with E-state index in [2.05, 4.69) is 0 Å². The summed E-state index contributed by atoms with van der Waals surface area (Å²) in [6.07, 6.45) is 0. The summed E-state index contributed by atoms with van der Waals surface area (Å²) in [5.41, 5.74) is 14.7. The highest BCUT2D eigenvalue weighted by Crippen LogP contribution is 2.37. The maximum atomic E-state index is 5.88. The van der Waals surface area contributed by atoms with Crippen molar-refractivity contribution in [3.05, 3.63) is 42.5 Å².